The maximum absolute atomic E-state index is 8.73. The number of aliphatic hydroxyl groups excluding tert-OH is 1. The van der Waals surface area contributed by atoms with Gasteiger partial charge >= 0.3 is 0 Å². The van der Waals surface area contributed by atoms with Crippen LogP contribution in [-0.2, 0) is 0 Å². The van der Waals surface area contributed by atoms with Gasteiger partial charge in [0.05, 0.1) is 0 Å². The first-order chi connectivity index (χ1) is 12.8. The molecule has 0 bridgehead atoms. The molecule has 0 aromatic rings. The van der Waals surface area contributed by atoms with E-state index in [0.29, 0.717) is 6.61 Å². The number of aliphatic hydroxyl groups is 1. The summed E-state index contributed by atoms with van der Waals surface area (Å²) in [6.45, 7) is 5.10. The minimum absolute atomic E-state index is 0.373. The van der Waals surface area contributed by atoms with Gasteiger partial charge in [-0.2, -0.15) is 0 Å². The van der Waals surface area contributed by atoms with Gasteiger partial charge in [0.1, 0.15) is 0 Å². The quantitative estimate of drug-likeness (QED) is 0.189. The van der Waals surface area contributed by atoms with E-state index < -0.39 is 0 Å². The molecular formula is C25H52O. The van der Waals surface area contributed by atoms with Gasteiger partial charge in [-0.25, -0.2) is 0 Å². The highest BCUT2D eigenvalue weighted by Gasteiger charge is 2.00. The van der Waals surface area contributed by atoms with Crippen LogP contribution in [0.2, 0.25) is 0 Å². The van der Waals surface area contributed by atoms with Crippen LogP contribution >= 0.6 is 0 Å². The Morgan fingerprint density at radius 1 is 0.462 bits per heavy atom. The number of hydrogen-bond acceptors (Lipinski definition) is 1. The van der Waals surface area contributed by atoms with Gasteiger partial charge in [-0.1, -0.05) is 142 Å². The summed E-state index contributed by atoms with van der Waals surface area (Å²) < 4.78 is 0. The Labute approximate surface area is 166 Å². The molecule has 1 nitrogen and oxygen atoms in total. The lowest BCUT2D eigenvalue weighted by Crippen LogP contribution is -1.93. The van der Waals surface area contributed by atoms with Crippen LogP contribution in [0, 0.1) is 5.92 Å². The first-order valence-corrected chi connectivity index (χ1v) is 12.4. The SMILES string of the molecule is CCC[C@@H](C)CCCCCCCCCCCCCCCCCCCCO. The number of unbranched alkanes of at least 4 members (excludes halogenated alkanes) is 17. The third-order valence-electron chi connectivity index (χ3n) is 5.89. The summed E-state index contributed by atoms with van der Waals surface area (Å²) in [5.74, 6) is 0.955. The van der Waals surface area contributed by atoms with E-state index in [1.165, 1.54) is 128 Å². The van der Waals surface area contributed by atoms with Gasteiger partial charge < -0.3 is 5.11 Å². The molecule has 0 unspecified atom stereocenters. The zero-order valence-electron chi connectivity index (χ0n) is 18.6. The molecule has 0 aliphatic heterocycles. The molecule has 0 amide bonds. The molecule has 1 heteroatoms. The predicted octanol–water partition coefficient (Wildman–Crippen LogP) is 8.83. The summed E-state index contributed by atoms with van der Waals surface area (Å²) in [7, 11) is 0. The number of hydrogen-bond donors (Lipinski definition) is 1. The highest BCUT2D eigenvalue weighted by molar-refractivity contribution is 4.54. The van der Waals surface area contributed by atoms with Gasteiger partial charge in [0.2, 0.25) is 0 Å². The first-order valence-electron chi connectivity index (χ1n) is 12.4. The van der Waals surface area contributed by atoms with Crippen molar-refractivity contribution in [2.24, 2.45) is 5.92 Å². The van der Waals surface area contributed by atoms with Crippen LogP contribution in [0.3, 0.4) is 0 Å². The molecule has 0 aromatic heterocycles. The fraction of sp³-hybridized carbons (Fsp3) is 1.00. The molecule has 1 atom stereocenters. The van der Waals surface area contributed by atoms with Gasteiger partial charge in [-0.3, -0.25) is 0 Å². The molecule has 0 spiro atoms. The Balaban J connectivity index is 3.01. The van der Waals surface area contributed by atoms with Gasteiger partial charge in [-0.05, 0) is 12.3 Å². The van der Waals surface area contributed by atoms with Crippen LogP contribution < -0.4 is 0 Å². The molecule has 0 saturated heterocycles. The Bertz CT molecular complexity index is 238. The molecule has 158 valence electrons. The van der Waals surface area contributed by atoms with Crippen LogP contribution in [0.4, 0.5) is 0 Å². The van der Waals surface area contributed by atoms with Crippen LogP contribution in [0.15, 0.2) is 0 Å². The fourth-order valence-electron chi connectivity index (χ4n) is 4.07. The Morgan fingerprint density at radius 3 is 1.08 bits per heavy atom. The molecule has 0 radical (unpaired) electrons. The van der Waals surface area contributed by atoms with Crippen LogP contribution in [-0.4, -0.2) is 11.7 Å². The van der Waals surface area contributed by atoms with Crippen LogP contribution in [0.5, 0.6) is 0 Å². The van der Waals surface area contributed by atoms with Crippen molar-refractivity contribution in [3.05, 3.63) is 0 Å². The van der Waals surface area contributed by atoms with Gasteiger partial charge in [0, 0.05) is 6.61 Å². The van der Waals surface area contributed by atoms with Crippen molar-refractivity contribution in [1.82, 2.24) is 0 Å². The molecule has 0 aromatic carbocycles. The molecule has 26 heavy (non-hydrogen) atoms. The summed E-state index contributed by atoms with van der Waals surface area (Å²) in [6, 6.07) is 0. The van der Waals surface area contributed by atoms with Gasteiger partial charge in [0.25, 0.3) is 0 Å². The molecule has 0 saturated carbocycles. The van der Waals surface area contributed by atoms with E-state index in [4.69, 9.17) is 5.11 Å². The van der Waals surface area contributed by atoms with Gasteiger partial charge in [-0.15, -0.1) is 0 Å². The second kappa shape index (κ2) is 23.0. The second-order valence-corrected chi connectivity index (χ2v) is 8.77. The summed E-state index contributed by atoms with van der Waals surface area (Å²) in [5, 5.41) is 8.73. The van der Waals surface area contributed by atoms with Gasteiger partial charge in [0.15, 0.2) is 0 Å². The van der Waals surface area contributed by atoms with E-state index in [1.54, 1.807) is 0 Å². The van der Waals surface area contributed by atoms with Crippen molar-refractivity contribution in [3.8, 4) is 0 Å². The molecular weight excluding hydrogens is 316 g/mol. The first kappa shape index (κ1) is 26.0. The average Bonchev–Trinajstić information content (AvgIpc) is 2.64. The van der Waals surface area contributed by atoms with E-state index in [0.717, 1.165) is 12.3 Å². The fourth-order valence-corrected chi connectivity index (χ4v) is 4.07. The van der Waals surface area contributed by atoms with Crippen molar-refractivity contribution in [2.75, 3.05) is 6.61 Å². The topological polar surface area (TPSA) is 20.2 Å². The lowest BCUT2D eigenvalue weighted by molar-refractivity contribution is 0.282. The predicted molar refractivity (Wildman–Crippen MR) is 119 cm³/mol. The largest absolute Gasteiger partial charge is 0.396 e. The third kappa shape index (κ3) is 22.0. The van der Waals surface area contributed by atoms with Crippen molar-refractivity contribution in [1.29, 1.82) is 0 Å². The maximum atomic E-state index is 8.73. The summed E-state index contributed by atoms with van der Waals surface area (Å²) >= 11 is 0. The normalized spacial score (nSPS) is 12.6. The van der Waals surface area contributed by atoms with E-state index in [9.17, 15) is 0 Å². The van der Waals surface area contributed by atoms with E-state index in [1.807, 2.05) is 0 Å². The van der Waals surface area contributed by atoms with Crippen LogP contribution in [0.1, 0.15) is 149 Å². The van der Waals surface area contributed by atoms with E-state index >= 15 is 0 Å². The Kier molecular flexibility index (Phi) is 23.0. The molecule has 0 aliphatic carbocycles. The molecule has 0 aliphatic rings. The lowest BCUT2D eigenvalue weighted by Gasteiger charge is -2.09. The van der Waals surface area contributed by atoms with E-state index in [2.05, 4.69) is 13.8 Å². The average molecular weight is 369 g/mol. The summed E-state index contributed by atoms with van der Waals surface area (Å²) in [6.07, 6.45) is 29.5. The summed E-state index contributed by atoms with van der Waals surface area (Å²) in [4.78, 5) is 0. The highest BCUT2D eigenvalue weighted by Crippen LogP contribution is 2.17. The smallest absolute Gasteiger partial charge is 0.0431 e. The monoisotopic (exact) mass is 368 g/mol. The zero-order chi connectivity index (χ0) is 19.1. The molecule has 0 rings (SSSR count). The maximum Gasteiger partial charge on any atom is 0.0431 e. The lowest BCUT2D eigenvalue weighted by atomic mass is 9.98. The van der Waals surface area contributed by atoms with Crippen molar-refractivity contribution in [2.45, 2.75) is 149 Å². The standard InChI is InChI=1S/C25H52O/c1-3-22-25(2)23-20-18-16-14-12-10-8-6-4-5-7-9-11-13-15-17-19-21-24-26/h25-26H,3-24H2,1-2H3/t25-/m1/s1. The van der Waals surface area contributed by atoms with Crippen LogP contribution in [0.25, 0.3) is 0 Å². The second-order valence-electron chi connectivity index (χ2n) is 8.77. The van der Waals surface area contributed by atoms with Crippen molar-refractivity contribution >= 4 is 0 Å². The minimum atomic E-state index is 0.373. The Hall–Kier alpha value is -0.0400. The zero-order valence-corrected chi connectivity index (χ0v) is 18.6. The Morgan fingerprint density at radius 2 is 0.769 bits per heavy atom. The van der Waals surface area contributed by atoms with Crippen molar-refractivity contribution in [3.63, 3.8) is 0 Å². The van der Waals surface area contributed by atoms with E-state index in [-0.39, 0.29) is 0 Å². The molecule has 0 heterocycles. The number of rotatable bonds is 22. The third-order valence-corrected chi connectivity index (χ3v) is 5.89. The molecule has 0 fully saturated rings. The summed E-state index contributed by atoms with van der Waals surface area (Å²) in [5.41, 5.74) is 0. The highest BCUT2D eigenvalue weighted by atomic mass is 16.2. The van der Waals surface area contributed by atoms with Crippen molar-refractivity contribution < 1.29 is 5.11 Å². The molecule has 1 N–H and O–H groups in total. The minimum Gasteiger partial charge on any atom is -0.396 e.